The van der Waals surface area contributed by atoms with Gasteiger partial charge < -0.3 is 5.11 Å². The monoisotopic (exact) mass is 253 g/mol. The Bertz CT molecular complexity index is 372. The highest BCUT2D eigenvalue weighted by atomic mass is 32.1. The van der Waals surface area contributed by atoms with Gasteiger partial charge in [-0.1, -0.05) is 26.7 Å². The molecular weight excluding hydrogens is 230 g/mol. The van der Waals surface area contributed by atoms with Crippen LogP contribution in [0, 0.1) is 18.3 Å². The molecule has 1 fully saturated rings. The van der Waals surface area contributed by atoms with Gasteiger partial charge in [-0.25, -0.2) is 4.98 Å². The summed E-state index contributed by atoms with van der Waals surface area (Å²) in [5, 5.41) is 13.6. The van der Waals surface area contributed by atoms with Crippen LogP contribution < -0.4 is 0 Å². The summed E-state index contributed by atoms with van der Waals surface area (Å²) in [6.45, 7) is 6.61. The lowest BCUT2D eigenvalue weighted by Gasteiger charge is -2.41. The van der Waals surface area contributed by atoms with Crippen LogP contribution in [0.2, 0.25) is 0 Å². The van der Waals surface area contributed by atoms with Crippen molar-refractivity contribution in [2.75, 3.05) is 0 Å². The van der Waals surface area contributed by atoms with Crippen LogP contribution in [-0.4, -0.2) is 16.2 Å². The molecule has 1 saturated carbocycles. The van der Waals surface area contributed by atoms with Crippen LogP contribution in [0.4, 0.5) is 0 Å². The van der Waals surface area contributed by atoms with Crippen LogP contribution >= 0.6 is 11.3 Å². The molecule has 2 nitrogen and oxygen atoms in total. The first-order chi connectivity index (χ1) is 7.99. The minimum absolute atomic E-state index is 0.230. The molecule has 17 heavy (non-hydrogen) atoms. The molecule has 1 aromatic heterocycles. The van der Waals surface area contributed by atoms with Gasteiger partial charge in [0.25, 0.3) is 0 Å². The molecule has 1 heterocycles. The summed E-state index contributed by atoms with van der Waals surface area (Å²) in [6.07, 6.45) is 5.47. The fourth-order valence-electron chi connectivity index (χ4n) is 3.09. The molecule has 0 aromatic carbocycles. The lowest BCUT2D eigenvalue weighted by atomic mass is 9.66. The molecule has 2 atom stereocenters. The Morgan fingerprint density at radius 3 is 2.88 bits per heavy atom. The third-order valence-electron chi connectivity index (χ3n) is 4.14. The van der Waals surface area contributed by atoms with Gasteiger partial charge >= 0.3 is 0 Å². The third-order valence-corrected chi connectivity index (χ3v) is 4.96. The standard InChI is InChI=1S/C14H23NOS/c1-10-15-11(9-17-10)8-13(16)12-6-4-5-7-14(12,2)3/h9,12-13,16H,4-8H2,1-3H3. The van der Waals surface area contributed by atoms with Crippen molar-refractivity contribution in [3.8, 4) is 0 Å². The Morgan fingerprint density at radius 1 is 1.53 bits per heavy atom. The van der Waals surface area contributed by atoms with E-state index < -0.39 is 0 Å². The van der Waals surface area contributed by atoms with Crippen molar-refractivity contribution >= 4 is 11.3 Å². The van der Waals surface area contributed by atoms with Crippen molar-refractivity contribution in [2.24, 2.45) is 11.3 Å². The zero-order valence-corrected chi connectivity index (χ0v) is 11.9. The smallest absolute Gasteiger partial charge is 0.0897 e. The minimum Gasteiger partial charge on any atom is -0.392 e. The summed E-state index contributed by atoms with van der Waals surface area (Å²) in [5.74, 6) is 0.429. The molecule has 3 heteroatoms. The number of hydrogen-bond acceptors (Lipinski definition) is 3. The third kappa shape index (κ3) is 3.08. The summed E-state index contributed by atoms with van der Waals surface area (Å²) in [7, 11) is 0. The van der Waals surface area contributed by atoms with Crippen molar-refractivity contribution < 1.29 is 5.11 Å². The fourth-order valence-corrected chi connectivity index (χ4v) is 3.72. The van der Waals surface area contributed by atoms with E-state index in [0.717, 1.165) is 23.5 Å². The first-order valence-corrected chi connectivity index (χ1v) is 7.46. The van der Waals surface area contributed by atoms with E-state index in [1.54, 1.807) is 11.3 Å². The van der Waals surface area contributed by atoms with Crippen LogP contribution in [0.3, 0.4) is 0 Å². The topological polar surface area (TPSA) is 33.1 Å². The van der Waals surface area contributed by atoms with Crippen LogP contribution in [0.5, 0.6) is 0 Å². The minimum atomic E-state index is -0.230. The van der Waals surface area contributed by atoms with Gasteiger partial charge in [0, 0.05) is 11.8 Å². The number of aliphatic hydroxyl groups excluding tert-OH is 1. The number of aryl methyl sites for hydroxylation is 1. The second kappa shape index (κ2) is 5.07. The molecule has 1 N–H and O–H groups in total. The Balaban J connectivity index is 2.01. The Labute approximate surface area is 108 Å². The molecule has 0 spiro atoms. The first-order valence-electron chi connectivity index (χ1n) is 6.58. The highest BCUT2D eigenvalue weighted by molar-refractivity contribution is 7.09. The number of nitrogens with zero attached hydrogens (tertiary/aromatic N) is 1. The summed E-state index contributed by atoms with van der Waals surface area (Å²) in [5.41, 5.74) is 1.34. The number of aliphatic hydroxyl groups is 1. The van der Waals surface area contributed by atoms with E-state index in [1.165, 1.54) is 19.3 Å². The normalized spacial score (nSPS) is 25.8. The zero-order chi connectivity index (χ0) is 12.5. The maximum Gasteiger partial charge on any atom is 0.0897 e. The number of thiazole rings is 1. The van der Waals surface area contributed by atoms with Crippen molar-refractivity contribution in [3.05, 3.63) is 16.1 Å². The van der Waals surface area contributed by atoms with Crippen molar-refractivity contribution in [1.29, 1.82) is 0 Å². The summed E-state index contributed by atoms with van der Waals surface area (Å²) in [6, 6.07) is 0. The molecule has 0 aliphatic heterocycles. The zero-order valence-electron chi connectivity index (χ0n) is 11.1. The quantitative estimate of drug-likeness (QED) is 0.893. The highest BCUT2D eigenvalue weighted by Crippen LogP contribution is 2.42. The van der Waals surface area contributed by atoms with Gasteiger partial charge in [-0.3, -0.25) is 0 Å². The molecule has 0 saturated heterocycles. The van der Waals surface area contributed by atoms with Crippen LogP contribution in [0.15, 0.2) is 5.38 Å². The Kier molecular flexibility index (Phi) is 3.88. The Morgan fingerprint density at radius 2 is 2.29 bits per heavy atom. The SMILES string of the molecule is Cc1nc(CC(O)C2CCCCC2(C)C)cs1. The maximum atomic E-state index is 10.4. The number of rotatable bonds is 3. The molecule has 2 rings (SSSR count). The molecule has 2 unspecified atom stereocenters. The molecule has 1 aliphatic rings. The molecule has 0 bridgehead atoms. The second-order valence-electron chi connectivity index (χ2n) is 5.97. The van der Waals surface area contributed by atoms with E-state index in [9.17, 15) is 5.11 Å². The largest absolute Gasteiger partial charge is 0.392 e. The van der Waals surface area contributed by atoms with Crippen LogP contribution in [0.1, 0.15) is 50.2 Å². The van der Waals surface area contributed by atoms with Crippen molar-refractivity contribution in [2.45, 2.75) is 59.0 Å². The predicted octanol–water partition coefficient (Wildman–Crippen LogP) is 3.57. The van der Waals surface area contributed by atoms with Gasteiger partial charge in [0.1, 0.15) is 0 Å². The second-order valence-corrected chi connectivity index (χ2v) is 7.03. The molecule has 96 valence electrons. The van der Waals surface area contributed by atoms with Crippen molar-refractivity contribution in [3.63, 3.8) is 0 Å². The molecular formula is C14H23NOS. The number of aromatic nitrogens is 1. The molecule has 0 amide bonds. The molecule has 1 aromatic rings. The summed E-state index contributed by atoms with van der Waals surface area (Å²) >= 11 is 1.67. The predicted molar refractivity (Wildman–Crippen MR) is 72.3 cm³/mol. The van der Waals surface area contributed by atoms with E-state index in [2.05, 4.69) is 24.2 Å². The summed E-state index contributed by atoms with van der Waals surface area (Å²) in [4.78, 5) is 4.45. The van der Waals surface area contributed by atoms with E-state index >= 15 is 0 Å². The first kappa shape index (κ1) is 13.0. The van der Waals surface area contributed by atoms with E-state index in [0.29, 0.717) is 5.92 Å². The highest BCUT2D eigenvalue weighted by Gasteiger charge is 2.36. The van der Waals surface area contributed by atoms with Gasteiger partial charge in [-0.05, 0) is 31.1 Å². The van der Waals surface area contributed by atoms with Crippen molar-refractivity contribution in [1.82, 2.24) is 4.98 Å². The van der Waals surface area contributed by atoms with Crippen LogP contribution in [-0.2, 0) is 6.42 Å². The van der Waals surface area contributed by atoms with Gasteiger partial charge in [0.15, 0.2) is 0 Å². The Hall–Kier alpha value is -0.410. The van der Waals surface area contributed by atoms with Crippen LogP contribution in [0.25, 0.3) is 0 Å². The average Bonchev–Trinajstić information content (AvgIpc) is 2.63. The molecule has 1 aliphatic carbocycles. The molecule has 0 radical (unpaired) electrons. The van der Waals surface area contributed by atoms with Gasteiger partial charge in [-0.15, -0.1) is 11.3 Å². The van der Waals surface area contributed by atoms with E-state index in [-0.39, 0.29) is 11.5 Å². The summed E-state index contributed by atoms with van der Waals surface area (Å²) < 4.78 is 0. The van der Waals surface area contributed by atoms with E-state index in [4.69, 9.17) is 0 Å². The lowest BCUT2D eigenvalue weighted by Crippen LogP contribution is -2.37. The van der Waals surface area contributed by atoms with E-state index in [1.807, 2.05) is 6.92 Å². The van der Waals surface area contributed by atoms with Gasteiger partial charge in [0.2, 0.25) is 0 Å². The number of hydrogen-bond donors (Lipinski definition) is 1. The fraction of sp³-hybridized carbons (Fsp3) is 0.786. The van der Waals surface area contributed by atoms with Gasteiger partial charge in [-0.2, -0.15) is 0 Å². The lowest BCUT2D eigenvalue weighted by molar-refractivity contribution is 0.00538. The maximum absolute atomic E-state index is 10.4. The van der Waals surface area contributed by atoms with Gasteiger partial charge in [0.05, 0.1) is 16.8 Å². The average molecular weight is 253 g/mol.